The zero-order chi connectivity index (χ0) is 22.4. The predicted molar refractivity (Wildman–Crippen MR) is 125 cm³/mol. The summed E-state index contributed by atoms with van der Waals surface area (Å²) in [6, 6.07) is 5.78. The van der Waals surface area contributed by atoms with Gasteiger partial charge in [-0.15, -0.1) is 0 Å². The Morgan fingerprint density at radius 2 is 2.13 bits per heavy atom. The predicted octanol–water partition coefficient (Wildman–Crippen LogP) is 3.98. The minimum absolute atomic E-state index is 0.266. The smallest absolute Gasteiger partial charge is 0.254 e. The van der Waals surface area contributed by atoms with E-state index in [4.69, 9.17) is 10.8 Å². The standard InChI is InChI=1S/C24H30N6O/c1-15(2)14-28-24(31)19(13-25)21-12-17(10-11-27-21)23(18-7-5-8-20(18)26)30-22-9-4-6-16(3)29-22/h4,6,9-13,15,25-27H,5,7-8,14H2,1-3H3,(H,28,31)(H,29,30)/b21-19+,23-18-,25-13?,26-20?. The Morgan fingerprint density at radius 1 is 1.32 bits per heavy atom. The molecule has 0 unspecified atom stereocenters. The SMILES string of the molecule is Cc1cccc(N/C(C2=C/C(=C(/C=N)C(=O)NCC(C)C)NC=C2)=C2/CCCC2=N)n1. The summed E-state index contributed by atoms with van der Waals surface area (Å²) >= 11 is 0. The van der Waals surface area contributed by atoms with Crippen LogP contribution in [0.25, 0.3) is 0 Å². The minimum atomic E-state index is -0.284. The van der Waals surface area contributed by atoms with Gasteiger partial charge in [0.15, 0.2) is 0 Å². The van der Waals surface area contributed by atoms with Gasteiger partial charge >= 0.3 is 0 Å². The van der Waals surface area contributed by atoms with Gasteiger partial charge in [0.25, 0.3) is 5.91 Å². The van der Waals surface area contributed by atoms with Crippen molar-refractivity contribution in [3.8, 4) is 0 Å². The highest BCUT2D eigenvalue weighted by atomic mass is 16.1. The molecular weight excluding hydrogens is 388 g/mol. The Hall–Kier alpha value is -3.48. The lowest BCUT2D eigenvalue weighted by Gasteiger charge is -2.20. The number of dihydropyridines is 1. The number of allylic oxidation sites excluding steroid dienone is 3. The molecule has 1 aromatic heterocycles. The van der Waals surface area contributed by atoms with Crippen LogP contribution in [-0.2, 0) is 4.79 Å². The quantitative estimate of drug-likeness (QED) is 0.340. The summed E-state index contributed by atoms with van der Waals surface area (Å²) in [5.41, 5.74) is 4.96. The molecule has 7 heteroatoms. The van der Waals surface area contributed by atoms with Crippen molar-refractivity contribution in [3.63, 3.8) is 0 Å². The third-order valence-electron chi connectivity index (χ3n) is 5.10. The Balaban J connectivity index is 2.01. The van der Waals surface area contributed by atoms with E-state index in [2.05, 4.69) is 20.9 Å². The lowest BCUT2D eigenvalue weighted by atomic mass is 10.00. The molecule has 0 bridgehead atoms. The molecule has 0 aromatic carbocycles. The Bertz CT molecular complexity index is 1010. The molecule has 0 atom stereocenters. The summed E-state index contributed by atoms with van der Waals surface area (Å²) in [6.45, 7) is 6.53. The van der Waals surface area contributed by atoms with Crippen LogP contribution in [0.4, 0.5) is 5.82 Å². The van der Waals surface area contributed by atoms with Gasteiger partial charge in [-0.2, -0.15) is 0 Å². The lowest BCUT2D eigenvalue weighted by molar-refractivity contribution is -0.117. The number of anilines is 1. The third-order valence-corrected chi connectivity index (χ3v) is 5.10. The van der Waals surface area contributed by atoms with E-state index in [1.165, 1.54) is 0 Å². The van der Waals surface area contributed by atoms with E-state index in [0.717, 1.165) is 48.0 Å². The highest BCUT2D eigenvalue weighted by Gasteiger charge is 2.22. The van der Waals surface area contributed by atoms with Crippen molar-refractivity contribution in [2.45, 2.75) is 40.0 Å². The first-order valence-electron chi connectivity index (χ1n) is 10.6. The van der Waals surface area contributed by atoms with Gasteiger partial charge in [-0.3, -0.25) is 4.79 Å². The van der Waals surface area contributed by atoms with Crippen LogP contribution in [0, 0.1) is 23.7 Å². The second-order valence-corrected chi connectivity index (χ2v) is 8.13. The summed E-state index contributed by atoms with van der Waals surface area (Å²) in [5, 5.41) is 25.5. The normalized spacial score (nSPS) is 19.0. The first-order chi connectivity index (χ1) is 14.9. The molecule has 1 aliphatic carbocycles. The van der Waals surface area contributed by atoms with E-state index >= 15 is 0 Å². The molecule has 162 valence electrons. The van der Waals surface area contributed by atoms with Crippen molar-refractivity contribution in [2.24, 2.45) is 5.92 Å². The number of aromatic nitrogens is 1. The van der Waals surface area contributed by atoms with Gasteiger partial charge in [-0.1, -0.05) is 19.9 Å². The number of carbonyl (C=O) groups is 1. The van der Waals surface area contributed by atoms with E-state index in [9.17, 15) is 4.79 Å². The maximum atomic E-state index is 12.6. The highest BCUT2D eigenvalue weighted by Crippen LogP contribution is 2.30. The highest BCUT2D eigenvalue weighted by molar-refractivity contribution is 6.12. The second kappa shape index (κ2) is 10.0. The molecule has 7 nitrogen and oxygen atoms in total. The molecular formula is C24H30N6O. The molecule has 2 heterocycles. The first-order valence-corrected chi connectivity index (χ1v) is 10.6. The Labute approximate surface area is 183 Å². The van der Waals surface area contributed by atoms with Crippen LogP contribution in [-0.4, -0.2) is 29.4 Å². The van der Waals surface area contributed by atoms with Gasteiger partial charge in [-0.05, 0) is 62.0 Å². The van der Waals surface area contributed by atoms with Crippen LogP contribution in [0.15, 0.2) is 64.7 Å². The van der Waals surface area contributed by atoms with Crippen LogP contribution in [0.3, 0.4) is 0 Å². The zero-order valence-electron chi connectivity index (χ0n) is 18.3. The van der Waals surface area contributed by atoms with Gasteiger partial charge in [-0.25, -0.2) is 4.98 Å². The Morgan fingerprint density at radius 3 is 2.77 bits per heavy atom. The second-order valence-electron chi connectivity index (χ2n) is 8.13. The fourth-order valence-corrected chi connectivity index (χ4v) is 3.52. The van der Waals surface area contributed by atoms with E-state index in [1.54, 1.807) is 6.20 Å². The molecule has 1 fully saturated rings. The van der Waals surface area contributed by atoms with Crippen LogP contribution in [0.2, 0.25) is 0 Å². The maximum absolute atomic E-state index is 12.6. The number of carbonyl (C=O) groups excluding carboxylic acids is 1. The van der Waals surface area contributed by atoms with Crippen molar-refractivity contribution in [1.29, 1.82) is 10.8 Å². The summed E-state index contributed by atoms with van der Waals surface area (Å²) in [6.07, 6.45) is 9.11. The number of amides is 1. The van der Waals surface area contributed by atoms with Gasteiger partial charge < -0.3 is 26.8 Å². The fourth-order valence-electron chi connectivity index (χ4n) is 3.52. The summed E-state index contributed by atoms with van der Waals surface area (Å²) in [7, 11) is 0. The Kier molecular flexibility index (Phi) is 7.18. The van der Waals surface area contributed by atoms with Crippen LogP contribution >= 0.6 is 0 Å². The molecule has 1 saturated carbocycles. The summed E-state index contributed by atoms with van der Waals surface area (Å²) in [4.78, 5) is 17.2. The largest absolute Gasteiger partial charge is 0.361 e. The van der Waals surface area contributed by atoms with Crippen molar-refractivity contribution in [3.05, 3.63) is 70.4 Å². The molecule has 31 heavy (non-hydrogen) atoms. The number of hydrogen-bond acceptors (Lipinski definition) is 6. The topological polar surface area (TPSA) is 114 Å². The van der Waals surface area contributed by atoms with Crippen molar-refractivity contribution in [1.82, 2.24) is 15.6 Å². The van der Waals surface area contributed by atoms with Gasteiger partial charge in [0.1, 0.15) is 5.82 Å². The molecule has 2 aliphatic rings. The van der Waals surface area contributed by atoms with Gasteiger partial charge in [0.2, 0.25) is 0 Å². The average molecular weight is 419 g/mol. The number of nitrogens with zero attached hydrogens (tertiary/aromatic N) is 1. The molecule has 1 amide bonds. The maximum Gasteiger partial charge on any atom is 0.254 e. The molecule has 0 spiro atoms. The number of aryl methyl sites for hydroxylation is 1. The van der Waals surface area contributed by atoms with E-state index in [0.29, 0.717) is 29.7 Å². The number of rotatable bonds is 7. The summed E-state index contributed by atoms with van der Waals surface area (Å²) in [5.74, 6) is 0.748. The van der Waals surface area contributed by atoms with Crippen molar-refractivity contribution in [2.75, 3.05) is 11.9 Å². The zero-order valence-corrected chi connectivity index (χ0v) is 18.3. The van der Waals surface area contributed by atoms with Crippen molar-refractivity contribution >= 4 is 23.7 Å². The molecule has 5 N–H and O–H groups in total. The van der Waals surface area contributed by atoms with Crippen LogP contribution in [0.5, 0.6) is 0 Å². The fraction of sp³-hybridized carbons (Fsp3) is 0.333. The number of hydrogen-bond donors (Lipinski definition) is 5. The molecule has 0 radical (unpaired) electrons. The molecule has 3 rings (SSSR count). The van der Waals surface area contributed by atoms with Gasteiger partial charge in [0, 0.05) is 35.9 Å². The minimum Gasteiger partial charge on any atom is -0.361 e. The first kappa shape index (κ1) is 22.2. The number of pyridine rings is 1. The summed E-state index contributed by atoms with van der Waals surface area (Å²) < 4.78 is 0. The van der Waals surface area contributed by atoms with Crippen molar-refractivity contribution < 1.29 is 4.79 Å². The van der Waals surface area contributed by atoms with Crippen LogP contribution < -0.4 is 16.0 Å². The van der Waals surface area contributed by atoms with Crippen LogP contribution in [0.1, 0.15) is 38.8 Å². The number of nitrogens with one attached hydrogen (secondary N) is 5. The van der Waals surface area contributed by atoms with E-state index < -0.39 is 0 Å². The lowest BCUT2D eigenvalue weighted by Crippen LogP contribution is -2.31. The average Bonchev–Trinajstić information content (AvgIpc) is 3.17. The van der Waals surface area contributed by atoms with Gasteiger partial charge in [0.05, 0.1) is 17.0 Å². The van der Waals surface area contributed by atoms with E-state index in [1.807, 2.05) is 51.1 Å². The van der Waals surface area contributed by atoms with E-state index in [-0.39, 0.29) is 11.5 Å². The monoisotopic (exact) mass is 418 g/mol. The molecule has 1 aromatic rings. The molecule has 0 saturated heterocycles. The molecule has 1 aliphatic heterocycles. The third kappa shape index (κ3) is 5.57.